The first kappa shape index (κ1) is 10.2. The van der Waals surface area contributed by atoms with E-state index in [0.29, 0.717) is 0 Å². The highest BCUT2D eigenvalue weighted by atomic mass is 16.1. The summed E-state index contributed by atoms with van der Waals surface area (Å²) in [5.41, 5.74) is 0. The Morgan fingerprint density at radius 3 is 2.73 bits per heavy atom. The van der Waals surface area contributed by atoms with E-state index in [4.69, 9.17) is 0 Å². The van der Waals surface area contributed by atoms with E-state index in [2.05, 4.69) is 18.3 Å². The standard InChI is InChI=1S/C9H16NO/c1-3-5-6-7-9(11)10-8-4-2/h6H,3-5,8H2,1-2H3,(H,10,11). The maximum absolute atomic E-state index is 10.8. The van der Waals surface area contributed by atoms with Crippen LogP contribution in [0, 0.1) is 6.08 Å². The molecule has 0 heterocycles. The van der Waals surface area contributed by atoms with Gasteiger partial charge in [0, 0.05) is 12.6 Å². The molecule has 1 N–H and O–H groups in total. The van der Waals surface area contributed by atoms with E-state index in [9.17, 15) is 4.79 Å². The van der Waals surface area contributed by atoms with E-state index in [0.717, 1.165) is 25.8 Å². The Kier molecular flexibility index (Phi) is 6.79. The molecule has 0 saturated carbocycles. The predicted molar refractivity (Wildman–Crippen MR) is 46.0 cm³/mol. The fourth-order valence-electron chi connectivity index (χ4n) is 0.599. The second-order valence-corrected chi connectivity index (χ2v) is 2.39. The van der Waals surface area contributed by atoms with Gasteiger partial charge in [0.15, 0.2) is 0 Å². The molecule has 0 atom stereocenters. The lowest BCUT2D eigenvalue weighted by Gasteiger charge is -1.95. The van der Waals surface area contributed by atoms with Gasteiger partial charge in [-0.25, -0.2) is 0 Å². The fourth-order valence-corrected chi connectivity index (χ4v) is 0.599. The Bertz CT molecular complexity index is 130. The number of unbranched alkanes of at least 4 members (excludes halogenated alkanes) is 1. The molecule has 1 radical (unpaired) electrons. The molecule has 2 nitrogen and oxygen atoms in total. The largest absolute Gasteiger partial charge is 0.352 e. The van der Waals surface area contributed by atoms with Crippen LogP contribution in [0.25, 0.3) is 0 Å². The summed E-state index contributed by atoms with van der Waals surface area (Å²) in [5, 5.41) is 2.71. The highest BCUT2D eigenvalue weighted by molar-refractivity contribution is 5.83. The Morgan fingerprint density at radius 1 is 1.45 bits per heavy atom. The zero-order valence-electron chi connectivity index (χ0n) is 7.31. The third-order valence-corrected chi connectivity index (χ3v) is 1.20. The van der Waals surface area contributed by atoms with E-state index in [1.54, 1.807) is 6.08 Å². The summed E-state index contributed by atoms with van der Waals surface area (Å²) in [6.07, 6.45) is 7.39. The summed E-state index contributed by atoms with van der Waals surface area (Å²) in [6.45, 7) is 4.84. The summed E-state index contributed by atoms with van der Waals surface area (Å²) >= 11 is 0. The van der Waals surface area contributed by atoms with Crippen molar-refractivity contribution < 1.29 is 4.79 Å². The number of hydrogen-bond donors (Lipinski definition) is 1. The molecule has 0 aliphatic rings. The van der Waals surface area contributed by atoms with Crippen molar-refractivity contribution in [1.82, 2.24) is 5.32 Å². The van der Waals surface area contributed by atoms with E-state index < -0.39 is 0 Å². The molecule has 0 fully saturated rings. The minimum absolute atomic E-state index is 0.0969. The molecular weight excluding hydrogens is 138 g/mol. The van der Waals surface area contributed by atoms with Gasteiger partial charge in [-0.3, -0.25) is 4.79 Å². The van der Waals surface area contributed by atoms with Gasteiger partial charge in [-0.05, 0) is 12.8 Å². The smallest absolute Gasteiger partial charge is 0.251 e. The molecule has 0 aromatic carbocycles. The maximum Gasteiger partial charge on any atom is 0.251 e. The van der Waals surface area contributed by atoms with Crippen LogP contribution in [0.4, 0.5) is 0 Å². The van der Waals surface area contributed by atoms with Gasteiger partial charge >= 0.3 is 0 Å². The minimum atomic E-state index is -0.0969. The predicted octanol–water partition coefficient (Wildman–Crippen LogP) is 1.67. The highest BCUT2D eigenvalue weighted by Crippen LogP contribution is 1.86. The highest BCUT2D eigenvalue weighted by Gasteiger charge is 1.90. The first-order chi connectivity index (χ1) is 5.31. The quantitative estimate of drug-likeness (QED) is 0.600. The summed E-state index contributed by atoms with van der Waals surface area (Å²) < 4.78 is 0. The van der Waals surface area contributed by atoms with Gasteiger partial charge < -0.3 is 5.32 Å². The number of rotatable bonds is 5. The first-order valence-corrected chi connectivity index (χ1v) is 4.17. The van der Waals surface area contributed by atoms with E-state index >= 15 is 0 Å². The van der Waals surface area contributed by atoms with Gasteiger partial charge in [0.1, 0.15) is 0 Å². The Morgan fingerprint density at radius 2 is 2.18 bits per heavy atom. The number of carbonyl (C=O) groups is 1. The maximum atomic E-state index is 10.8. The molecule has 2 heteroatoms. The molecular formula is C9H16NO. The van der Waals surface area contributed by atoms with Crippen LogP contribution >= 0.6 is 0 Å². The SMILES string of the molecule is CCC/C=[C]\C(=O)NCCC. The number of amides is 1. The molecule has 1 amide bonds. The van der Waals surface area contributed by atoms with Crippen LogP contribution in [0.15, 0.2) is 6.08 Å². The third kappa shape index (κ3) is 7.10. The van der Waals surface area contributed by atoms with E-state index in [1.165, 1.54) is 0 Å². The number of allylic oxidation sites excluding steroid dienone is 1. The van der Waals surface area contributed by atoms with E-state index in [-0.39, 0.29) is 5.91 Å². The van der Waals surface area contributed by atoms with Gasteiger partial charge in [0.05, 0.1) is 0 Å². The average molecular weight is 154 g/mol. The summed E-state index contributed by atoms with van der Waals surface area (Å²) in [5.74, 6) is -0.0969. The molecule has 0 bridgehead atoms. The first-order valence-electron chi connectivity index (χ1n) is 4.17. The molecule has 0 aromatic heterocycles. The van der Waals surface area contributed by atoms with Gasteiger partial charge in [-0.1, -0.05) is 26.3 Å². The van der Waals surface area contributed by atoms with Crippen molar-refractivity contribution in [2.45, 2.75) is 33.1 Å². The molecule has 0 spiro atoms. The molecule has 0 saturated heterocycles. The van der Waals surface area contributed by atoms with Crippen LogP contribution in [0.2, 0.25) is 0 Å². The second-order valence-electron chi connectivity index (χ2n) is 2.39. The number of hydrogen-bond acceptors (Lipinski definition) is 1. The lowest BCUT2D eigenvalue weighted by Crippen LogP contribution is -2.21. The average Bonchev–Trinajstić information content (AvgIpc) is 2.01. The Hall–Kier alpha value is -0.790. The van der Waals surface area contributed by atoms with Gasteiger partial charge in [-0.15, -0.1) is 0 Å². The van der Waals surface area contributed by atoms with Crippen LogP contribution in [-0.2, 0) is 4.79 Å². The monoisotopic (exact) mass is 154 g/mol. The van der Waals surface area contributed by atoms with Crippen LogP contribution in [-0.4, -0.2) is 12.5 Å². The Labute approximate surface area is 68.7 Å². The lowest BCUT2D eigenvalue weighted by molar-refractivity contribution is -0.117. The lowest BCUT2D eigenvalue weighted by atomic mass is 10.3. The minimum Gasteiger partial charge on any atom is -0.352 e. The molecule has 0 unspecified atom stereocenters. The van der Waals surface area contributed by atoms with Crippen molar-refractivity contribution in [3.8, 4) is 0 Å². The molecule has 0 rings (SSSR count). The second kappa shape index (κ2) is 7.32. The number of nitrogens with one attached hydrogen (secondary N) is 1. The normalized spacial score (nSPS) is 10.4. The molecule has 0 aromatic rings. The Balaban J connectivity index is 3.35. The van der Waals surface area contributed by atoms with Crippen LogP contribution < -0.4 is 5.32 Å². The summed E-state index contributed by atoms with van der Waals surface area (Å²) in [4.78, 5) is 10.8. The van der Waals surface area contributed by atoms with E-state index in [1.807, 2.05) is 6.92 Å². The van der Waals surface area contributed by atoms with Crippen molar-refractivity contribution in [3.05, 3.63) is 12.2 Å². The van der Waals surface area contributed by atoms with Crippen molar-refractivity contribution in [2.75, 3.05) is 6.54 Å². The summed E-state index contributed by atoms with van der Waals surface area (Å²) in [6, 6.07) is 0. The van der Waals surface area contributed by atoms with Crippen molar-refractivity contribution in [1.29, 1.82) is 0 Å². The van der Waals surface area contributed by atoms with Crippen LogP contribution in [0.3, 0.4) is 0 Å². The zero-order valence-corrected chi connectivity index (χ0v) is 7.31. The zero-order chi connectivity index (χ0) is 8.53. The van der Waals surface area contributed by atoms with Crippen LogP contribution in [0.1, 0.15) is 33.1 Å². The molecule has 63 valence electrons. The van der Waals surface area contributed by atoms with Gasteiger partial charge in [-0.2, -0.15) is 0 Å². The fraction of sp³-hybridized carbons (Fsp3) is 0.667. The molecule has 11 heavy (non-hydrogen) atoms. The van der Waals surface area contributed by atoms with Crippen molar-refractivity contribution >= 4 is 5.91 Å². The van der Waals surface area contributed by atoms with Crippen molar-refractivity contribution in [2.24, 2.45) is 0 Å². The summed E-state index contributed by atoms with van der Waals surface area (Å²) in [7, 11) is 0. The molecule has 0 aliphatic carbocycles. The van der Waals surface area contributed by atoms with Gasteiger partial charge in [0.2, 0.25) is 0 Å². The topological polar surface area (TPSA) is 29.1 Å². The number of carbonyl (C=O) groups excluding carboxylic acids is 1. The van der Waals surface area contributed by atoms with Crippen LogP contribution in [0.5, 0.6) is 0 Å². The van der Waals surface area contributed by atoms with Crippen molar-refractivity contribution in [3.63, 3.8) is 0 Å². The third-order valence-electron chi connectivity index (χ3n) is 1.20. The van der Waals surface area contributed by atoms with Gasteiger partial charge in [0.25, 0.3) is 5.91 Å². The molecule has 0 aliphatic heterocycles.